The van der Waals surface area contributed by atoms with Gasteiger partial charge in [-0.25, -0.2) is 4.98 Å². The lowest BCUT2D eigenvalue weighted by Gasteiger charge is -2.34. The smallest absolute Gasteiger partial charge is 0.402 e. The Morgan fingerprint density at radius 3 is 2.58 bits per heavy atom. The zero-order chi connectivity index (χ0) is 17.5. The van der Waals surface area contributed by atoms with Crippen LogP contribution in [-0.2, 0) is 9.31 Å². The molecular formula is C17H22BFN2O3. The van der Waals surface area contributed by atoms with Crippen molar-refractivity contribution in [2.45, 2.75) is 51.3 Å². The molecule has 7 heteroatoms. The summed E-state index contributed by atoms with van der Waals surface area (Å²) in [6.07, 6.45) is 5.88. The SMILES string of the molecule is CC1(C)OB(C2CC=CCN2C(=O)c2ccnc(F)c2)OC1(C)C. The van der Waals surface area contributed by atoms with Crippen molar-refractivity contribution >= 4 is 13.0 Å². The molecule has 0 aliphatic carbocycles. The zero-order valence-electron chi connectivity index (χ0n) is 14.5. The molecule has 0 radical (unpaired) electrons. The second kappa shape index (κ2) is 5.97. The van der Waals surface area contributed by atoms with E-state index in [0.29, 0.717) is 13.0 Å². The zero-order valence-corrected chi connectivity index (χ0v) is 14.5. The van der Waals surface area contributed by atoms with Gasteiger partial charge in [0.2, 0.25) is 5.95 Å². The first kappa shape index (κ1) is 17.1. The Bertz CT molecular complexity index is 662. The van der Waals surface area contributed by atoms with Crippen molar-refractivity contribution in [3.63, 3.8) is 0 Å². The van der Waals surface area contributed by atoms with Crippen molar-refractivity contribution in [1.29, 1.82) is 0 Å². The van der Waals surface area contributed by atoms with Crippen molar-refractivity contribution in [3.8, 4) is 0 Å². The Balaban J connectivity index is 1.85. The monoisotopic (exact) mass is 332 g/mol. The fourth-order valence-electron chi connectivity index (χ4n) is 2.92. The molecule has 0 spiro atoms. The third kappa shape index (κ3) is 2.98. The molecule has 128 valence electrons. The normalized spacial score (nSPS) is 25.1. The van der Waals surface area contributed by atoms with E-state index in [1.54, 1.807) is 4.90 Å². The van der Waals surface area contributed by atoms with Gasteiger partial charge in [-0.2, -0.15) is 4.39 Å². The molecular weight excluding hydrogens is 310 g/mol. The summed E-state index contributed by atoms with van der Waals surface area (Å²) in [5.41, 5.74) is -0.647. The highest BCUT2D eigenvalue weighted by Gasteiger charge is 2.55. The molecule has 0 N–H and O–H groups in total. The molecule has 1 aromatic rings. The lowest BCUT2D eigenvalue weighted by atomic mass is 9.73. The molecule has 2 aliphatic rings. The van der Waals surface area contributed by atoms with E-state index < -0.39 is 24.3 Å². The third-order valence-corrected chi connectivity index (χ3v) is 5.07. The van der Waals surface area contributed by atoms with E-state index in [1.165, 1.54) is 12.3 Å². The van der Waals surface area contributed by atoms with Gasteiger partial charge < -0.3 is 14.2 Å². The van der Waals surface area contributed by atoms with Gasteiger partial charge in [0.15, 0.2) is 0 Å². The Morgan fingerprint density at radius 1 is 1.29 bits per heavy atom. The topological polar surface area (TPSA) is 51.7 Å². The molecule has 5 nitrogen and oxygen atoms in total. The van der Waals surface area contributed by atoms with Gasteiger partial charge in [0.25, 0.3) is 5.91 Å². The molecule has 3 rings (SSSR count). The molecule has 1 atom stereocenters. The highest BCUT2D eigenvalue weighted by Crippen LogP contribution is 2.39. The van der Waals surface area contributed by atoms with Crippen LogP contribution in [0.3, 0.4) is 0 Å². The molecule has 1 aromatic heterocycles. The van der Waals surface area contributed by atoms with E-state index in [9.17, 15) is 9.18 Å². The Morgan fingerprint density at radius 2 is 1.96 bits per heavy atom. The van der Waals surface area contributed by atoms with Crippen LogP contribution < -0.4 is 0 Å². The molecule has 1 fully saturated rings. The number of hydrogen-bond acceptors (Lipinski definition) is 4. The first-order valence-electron chi connectivity index (χ1n) is 8.14. The van der Waals surface area contributed by atoms with Gasteiger partial charge in [-0.15, -0.1) is 0 Å². The molecule has 1 amide bonds. The fourth-order valence-corrected chi connectivity index (χ4v) is 2.92. The number of carbonyl (C=O) groups is 1. The molecule has 3 heterocycles. The first-order valence-corrected chi connectivity index (χ1v) is 8.14. The third-order valence-electron chi connectivity index (χ3n) is 5.07. The number of carbonyl (C=O) groups excluding carboxylic acids is 1. The summed E-state index contributed by atoms with van der Waals surface area (Å²) in [5, 5.41) is 0. The van der Waals surface area contributed by atoms with Gasteiger partial charge >= 0.3 is 7.12 Å². The standard InChI is InChI=1S/C17H22BFN2O3/c1-16(2)17(3,4)24-18(23-16)13-7-5-6-10-21(13)15(22)12-8-9-20-14(19)11-12/h5-6,8-9,11,13H,7,10H2,1-4H3. The van der Waals surface area contributed by atoms with Crippen molar-refractivity contribution in [2.75, 3.05) is 6.54 Å². The van der Waals surface area contributed by atoms with Crippen LogP contribution in [0.4, 0.5) is 4.39 Å². The highest BCUT2D eigenvalue weighted by molar-refractivity contribution is 6.48. The minimum Gasteiger partial charge on any atom is -0.402 e. The van der Waals surface area contributed by atoms with Crippen molar-refractivity contribution in [1.82, 2.24) is 9.88 Å². The van der Waals surface area contributed by atoms with Crippen LogP contribution in [-0.4, -0.2) is 46.6 Å². The number of nitrogens with zero attached hydrogens (tertiary/aromatic N) is 2. The van der Waals surface area contributed by atoms with Gasteiger partial charge in [-0.05, 0) is 40.2 Å². The number of hydrogen-bond donors (Lipinski definition) is 0. The summed E-state index contributed by atoms with van der Waals surface area (Å²) in [6.45, 7) is 8.37. The van der Waals surface area contributed by atoms with Crippen LogP contribution in [0.5, 0.6) is 0 Å². The molecule has 2 aliphatic heterocycles. The van der Waals surface area contributed by atoms with Crippen molar-refractivity contribution in [2.24, 2.45) is 0 Å². The Labute approximate surface area is 142 Å². The summed E-state index contributed by atoms with van der Waals surface area (Å²) < 4.78 is 25.6. The lowest BCUT2D eigenvalue weighted by Crippen LogP contribution is -2.52. The summed E-state index contributed by atoms with van der Waals surface area (Å²) >= 11 is 0. The van der Waals surface area contributed by atoms with E-state index in [-0.39, 0.29) is 17.4 Å². The van der Waals surface area contributed by atoms with E-state index in [4.69, 9.17) is 9.31 Å². The average Bonchev–Trinajstić information content (AvgIpc) is 2.74. The molecule has 0 bridgehead atoms. The average molecular weight is 332 g/mol. The van der Waals surface area contributed by atoms with Gasteiger partial charge in [0.1, 0.15) is 0 Å². The van der Waals surface area contributed by atoms with Gasteiger partial charge in [0, 0.05) is 24.4 Å². The number of amides is 1. The van der Waals surface area contributed by atoms with Gasteiger partial charge in [-0.1, -0.05) is 12.2 Å². The number of pyridine rings is 1. The fraction of sp³-hybridized carbons (Fsp3) is 0.529. The maximum Gasteiger partial charge on any atom is 0.482 e. The number of halogens is 1. The molecule has 0 saturated carbocycles. The minimum atomic E-state index is -0.666. The Hall–Kier alpha value is -1.73. The number of aromatic nitrogens is 1. The van der Waals surface area contributed by atoms with E-state index in [2.05, 4.69) is 4.98 Å². The second-order valence-corrected chi connectivity index (χ2v) is 7.22. The van der Waals surface area contributed by atoms with Gasteiger partial charge in [-0.3, -0.25) is 4.79 Å². The lowest BCUT2D eigenvalue weighted by molar-refractivity contribution is 0.00578. The Kier molecular flexibility index (Phi) is 4.26. The van der Waals surface area contributed by atoms with Crippen LogP contribution in [0.25, 0.3) is 0 Å². The van der Waals surface area contributed by atoms with Crippen LogP contribution in [0.1, 0.15) is 44.5 Å². The second-order valence-electron chi connectivity index (χ2n) is 7.22. The predicted octanol–water partition coefficient (Wildman–Crippen LogP) is 2.62. The van der Waals surface area contributed by atoms with Crippen LogP contribution in [0, 0.1) is 5.95 Å². The summed E-state index contributed by atoms with van der Waals surface area (Å²) in [4.78, 5) is 18.0. The molecule has 1 saturated heterocycles. The maximum atomic E-state index is 13.4. The van der Waals surface area contributed by atoms with Crippen LogP contribution in [0.2, 0.25) is 0 Å². The summed E-state index contributed by atoms with van der Waals surface area (Å²) in [5.74, 6) is -1.17. The molecule has 0 aromatic carbocycles. The van der Waals surface area contributed by atoms with E-state index in [0.717, 1.165) is 6.07 Å². The van der Waals surface area contributed by atoms with Crippen molar-refractivity contribution < 1.29 is 18.5 Å². The molecule has 1 unspecified atom stereocenters. The van der Waals surface area contributed by atoms with Crippen LogP contribution in [0.15, 0.2) is 30.5 Å². The summed E-state index contributed by atoms with van der Waals surface area (Å²) in [6, 6.07) is 2.67. The largest absolute Gasteiger partial charge is 0.482 e. The number of rotatable bonds is 2. The highest BCUT2D eigenvalue weighted by atomic mass is 19.1. The van der Waals surface area contributed by atoms with Crippen LogP contribution >= 0.6 is 0 Å². The van der Waals surface area contributed by atoms with Gasteiger partial charge in [0.05, 0.1) is 17.1 Å². The predicted molar refractivity (Wildman–Crippen MR) is 88.9 cm³/mol. The van der Waals surface area contributed by atoms with E-state index >= 15 is 0 Å². The quantitative estimate of drug-likeness (QED) is 0.475. The van der Waals surface area contributed by atoms with Crippen molar-refractivity contribution in [3.05, 3.63) is 42.0 Å². The minimum absolute atomic E-state index is 0.250. The van der Waals surface area contributed by atoms with E-state index in [1.807, 2.05) is 39.8 Å². The first-order chi connectivity index (χ1) is 11.2. The summed E-state index contributed by atoms with van der Waals surface area (Å²) in [7, 11) is -0.518. The maximum absolute atomic E-state index is 13.4. The molecule has 24 heavy (non-hydrogen) atoms.